The van der Waals surface area contributed by atoms with Gasteiger partial charge in [-0.15, -0.1) is 0 Å². The summed E-state index contributed by atoms with van der Waals surface area (Å²) in [5.74, 6) is -0.440. The second-order valence-electron chi connectivity index (χ2n) is 6.07. The first-order valence-electron chi connectivity index (χ1n) is 8.10. The lowest BCUT2D eigenvalue weighted by molar-refractivity contribution is -0.121. The summed E-state index contributed by atoms with van der Waals surface area (Å²) >= 11 is 0. The highest BCUT2D eigenvalue weighted by atomic mass is 16.2. The summed E-state index contributed by atoms with van der Waals surface area (Å²) < 4.78 is 2.27. The summed E-state index contributed by atoms with van der Waals surface area (Å²) in [6, 6.07) is 9.51. The lowest BCUT2D eigenvalue weighted by atomic mass is 10.1. The van der Waals surface area contributed by atoms with Gasteiger partial charge in [0.05, 0.1) is 0 Å². The molecule has 0 saturated carbocycles. The SMILES string of the molecule is Cc1ccccc1CNC(=O)Cn1c(=O)c(C#N)c2n(c1=O)CCC2. The molecule has 1 amide bonds. The van der Waals surface area contributed by atoms with Crippen LogP contribution in [-0.4, -0.2) is 15.0 Å². The Morgan fingerprint density at radius 2 is 2.08 bits per heavy atom. The predicted octanol–water partition coefficient (Wildman–Crippen LogP) is 0.453. The summed E-state index contributed by atoms with van der Waals surface area (Å²) in [6.45, 7) is 2.34. The van der Waals surface area contributed by atoms with Crippen LogP contribution in [0.1, 0.15) is 28.8 Å². The number of amides is 1. The van der Waals surface area contributed by atoms with Crippen molar-refractivity contribution in [2.45, 2.75) is 39.4 Å². The molecule has 1 aliphatic rings. The van der Waals surface area contributed by atoms with Crippen molar-refractivity contribution >= 4 is 5.91 Å². The van der Waals surface area contributed by atoms with Crippen molar-refractivity contribution in [3.05, 3.63) is 67.5 Å². The van der Waals surface area contributed by atoms with Crippen LogP contribution < -0.4 is 16.6 Å². The first-order chi connectivity index (χ1) is 12.0. The van der Waals surface area contributed by atoms with Crippen LogP contribution in [0.4, 0.5) is 0 Å². The molecule has 7 nitrogen and oxygen atoms in total. The van der Waals surface area contributed by atoms with Gasteiger partial charge in [0.25, 0.3) is 5.56 Å². The fourth-order valence-corrected chi connectivity index (χ4v) is 3.09. The number of nitrogens with zero attached hydrogens (tertiary/aromatic N) is 3. The molecule has 1 N–H and O–H groups in total. The predicted molar refractivity (Wildman–Crippen MR) is 91.0 cm³/mol. The molecule has 0 unspecified atom stereocenters. The van der Waals surface area contributed by atoms with Gasteiger partial charge in [0, 0.05) is 18.8 Å². The molecule has 0 fully saturated rings. The number of carbonyl (C=O) groups excluding carboxylic acids is 1. The van der Waals surface area contributed by atoms with E-state index < -0.39 is 23.7 Å². The Balaban J connectivity index is 1.83. The standard InChI is InChI=1S/C18H18N4O3/c1-12-5-2-3-6-13(12)10-20-16(23)11-22-17(24)14(9-19)15-7-4-8-21(15)18(22)25/h2-3,5-6H,4,7-8,10-11H2,1H3,(H,20,23). The molecule has 3 rings (SSSR count). The van der Waals surface area contributed by atoms with E-state index in [2.05, 4.69) is 5.32 Å². The highest BCUT2D eigenvalue weighted by Gasteiger charge is 2.23. The Bertz CT molecular complexity index is 995. The summed E-state index contributed by atoms with van der Waals surface area (Å²) in [7, 11) is 0. The van der Waals surface area contributed by atoms with E-state index in [1.807, 2.05) is 37.3 Å². The zero-order chi connectivity index (χ0) is 18.0. The Morgan fingerprint density at radius 3 is 2.80 bits per heavy atom. The van der Waals surface area contributed by atoms with E-state index in [4.69, 9.17) is 0 Å². The maximum absolute atomic E-state index is 12.5. The first-order valence-corrected chi connectivity index (χ1v) is 8.10. The van der Waals surface area contributed by atoms with Crippen molar-refractivity contribution in [2.75, 3.05) is 0 Å². The van der Waals surface area contributed by atoms with Crippen molar-refractivity contribution in [1.82, 2.24) is 14.5 Å². The number of aromatic nitrogens is 2. The van der Waals surface area contributed by atoms with Crippen LogP contribution >= 0.6 is 0 Å². The third-order valence-electron chi connectivity index (χ3n) is 4.48. The van der Waals surface area contributed by atoms with Gasteiger partial charge in [0.15, 0.2) is 0 Å². The van der Waals surface area contributed by atoms with E-state index in [-0.39, 0.29) is 5.56 Å². The zero-order valence-corrected chi connectivity index (χ0v) is 13.9. The van der Waals surface area contributed by atoms with Gasteiger partial charge in [-0.3, -0.25) is 14.2 Å². The summed E-state index contributed by atoms with van der Waals surface area (Å²) in [4.78, 5) is 37.0. The van der Waals surface area contributed by atoms with Crippen molar-refractivity contribution in [2.24, 2.45) is 0 Å². The monoisotopic (exact) mass is 338 g/mol. The van der Waals surface area contributed by atoms with Crippen LogP contribution in [0.15, 0.2) is 33.9 Å². The molecule has 2 aromatic rings. The second kappa shape index (κ2) is 6.77. The average molecular weight is 338 g/mol. The minimum Gasteiger partial charge on any atom is -0.350 e. The highest BCUT2D eigenvalue weighted by Crippen LogP contribution is 2.13. The van der Waals surface area contributed by atoms with Crippen molar-refractivity contribution in [1.29, 1.82) is 5.26 Å². The van der Waals surface area contributed by atoms with Gasteiger partial charge in [-0.2, -0.15) is 5.26 Å². The largest absolute Gasteiger partial charge is 0.350 e. The van der Waals surface area contributed by atoms with E-state index in [0.29, 0.717) is 31.6 Å². The number of carbonyl (C=O) groups is 1. The van der Waals surface area contributed by atoms with Crippen molar-refractivity contribution in [3.63, 3.8) is 0 Å². The Kier molecular flexibility index (Phi) is 4.52. The Morgan fingerprint density at radius 1 is 1.32 bits per heavy atom. The molecule has 0 spiro atoms. The number of hydrogen-bond acceptors (Lipinski definition) is 4. The van der Waals surface area contributed by atoms with E-state index in [0.717, 1.165) is 15.7 Å². The molecule has 1 aliphatic heterocycles. The van der Waals surface area contributed by atoms with Gasteiger partial charge < -0.3 is 5.32 Å². The van der Waals surface area contributed by atoms with Gasteiger partial charge in [-0.05, 0) is 30.9 Å². The first kappa shape index (κ1) is 16.7. The number of hydrogen-bond donors (Lipinski definition) is 1. The number of rotatable bonds is 4. The molecule has 2 heterocycles. The van der Waals surface area contributed by atoms with E-state index in [1.54, 1.807) is 0 Å². The Hall–Kier alpha value is -3.14. The summed E-state index contributed by atoms with van der Waals surface area (Å²) in [5, 5.41) is 12.0. The molecule has 1 aromatic carbocycles. The number of nitriles is 1. The third kappa shape index (κ3) is 3.11. The zero-order valence-electron chi connectivity index (χ0n) is 13.9. The number of aryl methyl sites for hydroxylation is 1. The maximum atomic E-state index is 12.5. The Labute approximate surface area is 144 Å². The average Bonchev–Trinajstić information content (AvgIpc) is 3.08. The molecule has 128 valence electrons. The number of benzene rings is 1. The lowest BCUT2D eigenvalue weighted by Crippen LogP contribution is -2.45. The summed E-state index contributed by atoms with van der Waals surface area (Å²) in [5.41, 5.74) is 1.24. The second-order valence-corrected chi connectivity index (χ2v) is 6.07. The minimum absolute atomic E-state index is 0.0381. The molecule has 0 bridgehead atoms. The fraction of sp³-hybridized carbons (Fsp3) is 0.333. The molecule has 0 radical (unpaired) electrons. The van der Waals surface area contributed by atoms with Gasteiger partial charge >= 0.3 is 5.69 Å². The van der Waals surface area contributed by atoms with Crippen molar-refractivity contribution in [3.8, 4) is 6.07 Å². The maximum Gasteiger partial charge on any atom is 0.331 e. The third-order valence-corrected chi connectivity index (χ3v) is 4.48. The van der Waals surface area contributed by atoms with Gasteiger partial charge in [-0.25, -0.2) is 9.36 Å². The highest BCUT2D eigenvalue weighted by molar-refractivity contribution is 5.75. The molecule has 0 atom stereocenters. The van der Waals surface area contributed by atoms with Crippen LogP contribution in [-0.2, 0) is 30.8 Å². The van der Waals surface area contributed by atoms with E-state index in [9.17, 15) is 19.6 Å². The van der Waals surface area contributed by atoms with Gasteiger partial charge in [0.1, 0.15) is 18.2 Å². The normalized spacial score (nSPS) is 12.5. The van der Waals surface area contributed by atoms with Crippen LogP contribution in [0.5, 0.6) is 0 Å². The van der Waals surface area contributed by atoms with Crippen molar-refractivity contribution < 1.29 is 4.79 Å². The number of nitrogens with one attached hydrogen (secondary N) is 1. The van der Waals surface area contributed by atoms with Gasteiger partial charge in [-0.1, -0.05) is 24.3 Å². The van der Waals surface area contributed by atoms with Crippen LogP contribution in [0, 0.1) is 18.3 Å². The van der Waals surface area contributed by atoms with E-state index in [1.165, 1.54) is 4.57 Å². The topological polar surface area (TPSA) is 96.9 Å². The van der Waals surface area contributed by atoms with E-state index >= 15 is 0 Å². The quantitative estimate of drug-likeness (QED) is 0.875. The minimum atomic E-state index is -0.688. The smallest absolute Gasteiger partial charge is 0.331 e. The van der Waals surface area contributed by atoms with Crippen LogP contribution in [0.3, 0.4) is 0 Å². The molecule has 1 aromatic heterocycles. The molecular formula is C18H18N4O3. The molecular weight excluding hydrogens is 320 g/mol. The summed E-state index contributed by atoms with van der Waals surface area (Å²) in [6.07, 6.45) is 1.25. The molecule has 25 heavy (non-hydrogen) atoms. The van der Waals surface area contributed by atoms with Crippen LogP contribution in [0.2, 0.25) is 0 Å². The van der Waals surface area contributed by atoms with Gasteiger partial charge in [0.2, 0.25) is 5.91 Å². The fourth-order valence-electron chi connectivity index (χ4n) is 3.09. The lowest BCUT2D eigenvalue weighted by Gasteiger charge is -2.11. The van der Waals surface area contributed by atoms with Crippen LogP contribution in [0.25, 0.3) is 0 Å². The molecule has 7 heteroatoms. The number of fused-ring (bicyclic) bond motifs is 1. The molecule has 0 aliphatic carbocycles. The molecule has 0 saturated heterocycles.